The lowest BCUT2D eigenvalue weighted by molar-refractivity contribution is 0.0689. The normalized spacial score (nSPS) is 14.2. The SMILES string of the molecule is Cc1ccsc1C(=O)N1CCc2c(C(=O)O)n[nH]c2C1. The maximum Gasteiger partial charge on any atom is 0.356 e. The number of aryl methyl sites for hydroxylation is 1. The van der Waals surface area contributed by atoms with E-state index in [1.807, 2.05) is 18.4 Å². The minimum atomic E-state index is -1.03. The van der Waals surface area contributed by atoms with Crippen molar-refractivity contribution in [2.45, 2.75) is 19.9 Å². The zero-order valence-electron chi connectivity index (χ0n) is 10.8. The van der Waals surface area contributed by atoms with E-state index in [1.165, 1.54) is 11.3 Å². The number of hydrogen-bond donors (Lipinski definition) is 2. The highest BCUT2D eigenvalue weighted by molar-refractivity contribution is 7.12. The summed E-state index contributed by atoms with van der Waals surface area (Å²) in [6.07, 6.45) is 0.517. The summed E-state index contributed by atoms with van der Waals surface area (Å²) < 4.78 is 0. The van der Waals surface area contributed by atoms with Gasteiger partial charge < -0.3 is 10.0 Å². The molecule has 2 aromatic heterocycles. The number of H-pyrrole nitrogens is 1. The number of fused-ring (bicyclic) bond motifs is 1. The average molecular weight is 291 g/mol. The number of aromatic amines is 1. The quantitative estimate of drug-likeness (QED) is 0.881. The van der Waals surface area contributed by atoms with Crippen LogP contribution in [0.4, 0.5) is 0 Å². The van der Waals surface area contributed by atoms with Gasteiger partial charge in [0, 0.05) is 12.1 Å². The number of hydrogen-bond acceptors (Lipinski definition) is 4. The lowest BCUT2D eigenvalue weighted by atomic mass is 10.0. The molecule has 1 aliphatic rings. The molecule has 7 heteroatoms. The van der Waals surface area contributed by atoms with Crippen molar-refractivity contribution in [3.05, 3.63) is 38.8 Å². The summed E-state index contributed by atoms with van der Waals surface area (Å²) in [5, 5.41) is 17.5. The van der Waals surface area contributed by atoms with Gasteiger partial charge in [0.1, 0.15) is 0 Å². The van der Waals surface area contributed by atoms with E-state index in [1.54, 1.807) is 4.90 Å². The van der Waals surface area contributed by atoms with Crippen molar-refractivity contribution in [3.63, 3.8) is 0 Å². The molecule has 2 N–H and O–H groups in total. The highest BCUT2D eigenvalue weighted by Gasteiger charge is 2.28. The number of aromatic carboxylic acids is 1. The summed E-state index contributed by atoms with van der Waals surface area (Å²) >= 11 is 1.43. The summed E-state index contributed by atoms with van der Waals surface area (Å²) in [6, 6.07) is 1.92. The number of nitrogens with one attached hydrogen (secondary N) is 1. The average Bonchev–Trinajstić information content (AvgIpc) is 3.02. The number of carbonyl (C=O) groups excluding carboxylic acids is 1. The van der Waals surface area contributed by atoms with E-state index in [2.05, 4.69) is 10.2 Å². The number of carboxylic acids is 1. The molecule has 0 saturated heterocycles. The van der Waals surface area contributed by atoms with Crippen LogP contribution in [-0.4, -0.2) is 38.6 Å². The third-order valence-electron chi connectivity index (χ3n) is 3.48. The number of aromatic nitrogens is 2. The third-order valence-corrected chi connectivity index (χ3v) is 4.48. The zero-order valence-corrected chi connectivity index (χ0v) is 11.7. The fourth-order valence-electron chi connectivity index (χ4n) is 2.40. The molecular weight excluding hydrogens is 278 g/mol. The summed E-state index contributed by atoms with van der Waals surface area (Å²) in [6.45, 7) is 2.81. The van der Waals surface area contributed by atoms with Crippen LogP contribution in [0.2, 0.25) is 0 Å². The minimum Gasteiger partial charge on any atom is -0.476 e. The Morgan fingerprint density at radius 2 is 2.30 bits per heavy atom. The van der Waals surface area contributed by atoms with Gasteiger partial charge in [-0.05, 0) is 30.4 Å². The second kappa shape index (κ2) is 4.75. The number of rotatable bonds is 2. The fraction of sp³-hybridized carbons (Fsp3) is 0.308. The highest BCUT2D eigenvalue weighted by Crippen LogP contribution is 2.24. The summed E-state index contributed by atoms with van der Waals surface area (Å²) in [5.41, 5.74) is 2.47. The largest absolute Gasteiger partial charge is 0.476 e. The van der Waals surface area contributed by atoms with Crippen LogP contribution < -0.4 is 0 Å². The van der Waals surface area contributed by atoms with Gasteiger partial charge in [0.15, 0.2) is 5.69 Å². The Morgan fingerprint density at radius 3 is 2.95 bits per heavy atom. The predicted molar refractivity (Wildman–Crippen MR) is 73.0 cm³/mol. The summed E-state index contributed by atoms with van der Waals surface area (Å²) in [5.74, 6) is -1.04. The Balaban J connectivity index is 1.84. The van der Waals surface area contributed by atoms with Gasteiger partial charge in [-0.3, -0.25) is 9.89 Å². The van der Waals surface area contributed by atoms with Crippen molar-refractivity contribution < 1.29 is 14.7 Å². The maximum absolute atomic E-state index is 12.4. The molecule has 0 aliphatic carbocycles. The van der Waals surface area contributed by atoms with E-state index in [9.17, 15) is 9.59 Å². The third kappa shape index (κ3) is 2.00. The van der Waals surface area contributed by atoms with Gasteiger partial charge in [-0.25, -0.2) is 4.79 Å². The first kappa shape index (κ1) is 12.9. The number of carbonyl (C=O) groups is 2. The summed E-state index contributed by atoms with van der Waals surface area (Å²) in [4.78, 5) is 25.9. The highest BCUT2D eigenvalue weighted by atomic mass is 32.1. The molecular formula is C13H13N3O3S. The lowest BCUT2D eigenvalue weighted by Gasteiger charge is -2.26. The molecule has 0 bridgehead atoms. The van der Waals surface area contributed by atoms with E-state index >= 15 is 0 Å². The van der Waals surface area contributed by atoms with Crippen LogP contribution in [-0.2, 0) is 13.0 Å². The molecule has 2 aromatic rings. The zero-order chi connectivity index (χ0) is 14.3. The molecule has 104 valence electrons. The maximum atomic E-state index is 12.4. The first-order valence-electron chi connectivity index (χ1n) is 6.20. The second-order valence-electron chi connectivity index (χ2n) is 4.74. The summed E-state index contributed by atoms with van der Waals surface area (Å²) in [7, 11) is 0. The second-order valence-corrected chi connectivity index (χ2v) is 5.66. The number of amides is 1. The van der Waals surface area contributed by atoms with Crippen LogP contribution in [0.15, 0.2) is 11.4 Å². The molecule has 3 heterocycles. The Bertz CT molecular complexity index is 689. The first-order valence-corrected chi connectivity index (χ1v) is 7.08. The smallest absolute Gasteiger partial charge is 0.356 e. The Hall–Kier alpha value is -2.15. The van der Waals surface area contributed by atoms with E-state index < -0.39 is 5.97 Å². The molecule has 0 atom stereocenters. The number of nitrogens with zero attached hydrogens (tertiary/aromatic N) is 2. The molecule has 0 unspecified atom stereocenters. The van der Waals surface area contributed by atoms with Crippen LogP contribution in [0.1, 0.15) is 37.0 Å². The molecule has 1 amide bonds. The van der Waals surface area contributed by atoms with Crippen LogP contribution in [0, 0.1) is 6.92 Å². The van der Waals surface area contributed by atoms with Gasteiger partial charge in [-0.2, -0.15) is 5.10 Å². The number of thiophene rings is 1. The molecule has 6 nitrogen and oxygen atoms in total. The monoisotopic (exact) mass is 291 g/mol. The van der Waals surface area contributed by atoms with Crippen LogP contribution in [0.25, 0.3) is 0 Å². The van der Waals surface area contributed by atoms with E-state index in [0.29, 0.717) is 25.1 Å². The standard InChI is InChI=1S/C13H13N3O3S/c1-7-3-5-20-11(7)12(17)16-4-2-8-9(6-16)14-15-10(8)13(18)19/h3,5H,2,4,6H2,1H3,(H,14,15)(H,18,19). The van der Waals surface area contributed by atoms with Crippen molar-refractivity contribution in [1.82, 2.24) is 15.1 Å². The molecule has 0 fully saturated rings. The molecule has 1 aliphatic heterocycles. The molecule has 20 heavy (non-hydrogen) atoms. The van der Waals surface area contributed by atoms with Gasteiger partial charge >= 0.3 is 5.97 Å². The molecule has 3 rings (SSSR count). The van der Waals surface area contributed by atoms with Crippen molar-refractivity contribution in [1.29, 1.82) is 0 Å². The fourth-order valence-corrected chi connectivity index (χ4v) is 3.30. The number of carboxylic acid groups (broad SMARTS) is 1. The van der Waals surface area contributed by atoms with Crippen LogP contribution in [0.5, 0.6) is 0 Å². The van der Waals surface area contributed by atoms with Crippen LogP contribution >= 0.6 is 11.3 Å². The topological polar surface area (TPSA) is 86.3 Å². The Kier molecular flexibility index (Phi) is 3.06. The molecule has 0 saturated carbocycles. The molecule has 0 radical (unpaired) electrons. The lowest BCUT2D eigenvalue weighted by Crippen LogP contribution is -2.36. The molecule has 0 aromatic carbocycles. The van der Waals surface area contributed by atoms with Gasteiger partial charge in [0.2, 0.25) is 0 Å². The minimum absolute atomic E-state index is 0.00498. The Morgan fingerprint density at radius 1 is 1.50 bits per heavy atom. The van der Waals surface area contributed by atoms with Crippen LogP contribution in [0.3, 0.4) is 0 Å². The van der Waals surface area contributed by atoms with Gasteiger partial charge in [0.05, 0.1) is 17.1 Å². The molecule has 0 spiro atoms. The van der Waals surface area contributed by atoms with Gasteiger partial charge in [-0.1, -0.05) is 0 Å². The first-order chi connectivity index (χ1) is 9.58. The Labute approximate surface area is 119 Å². The van der Waals surface area contributed by atoms with Crippen molar-refractivity contribution in [3.8, 4) is 0 Å². The van der Waals surface area contributed by atoms with E-state index in [0.717, 1.165) is 16.1 Å². The van der Waals surface area contributed by atoms with Crippen molar-refractivity contribution in [2.24, 2.45) is 0 Å². The van der Waals surface area contributed by atoms with Crippen molar-refractivity contribution >= 4 is 23.2 Å². The van der Waals surface area contributed by atoms with E-state index in [-0.39, 0.29) is 11.6 Å². The van der Waals surface area contributed by atoms with Gasteiger partial charge in [0.25, 0.3) is 5.91 Å². The predicted octanol–water partition coefficient (Wildman–Crippen LogP) is 1.68. The van der Waals surface area contributed by atoms with Gasteiger partial charge in [-0.15, -0.1) is 11.3 Å². The van der Waals surface area contributed by atoms with E-state index in [4.69, 9.17) is 5.11 Å². The van der Waals surface area contributed by atoms with Crippen molar-refractivity contribution in [2.75, 3.05) is 6.54 Å².